The van der Waals surface area contributed by atoms with Crippen LogP contribution in [-0.2, 0) is 14.8 Å². The lowest BCUT2D eigenvalue weighted by Gasteiger charge is -2.38. The van der Waals surface area contributed by atoms with Crippen LogP contribution < -0.4 is 4.90 Å². The number of piperidine rings is 1. The zero-order valence-electron chi connectivity index (χ0n) is 16.2. The van der Waals surface area contributed by atoms with E-state index in [2.05, 4.69) is 9.88 Å². The van der Waals surface area contributed by atoms with Crippen LogP contribution in [0.4, 0.5) is 9.52 Å². The molecule has 3 heterocycles. The third-order valence-corrected chi connectivity index (χ3v) is 8.63. The molecule has 11 heteroatoms. The van der Waals surface area contributed by atoms with Gasteiger partial charge in [-0.05, 0) is 31.0 Å². The molecule has 0 aliphatic carbocycles. The summed E-state index contributed by atoms with van der Waals surface area (Å²) in [6.45, 7) is 3.30. The fraction of sp³-hybridized carbons (Fsp3) is 0.474. The Bertz CT molecular complexity index is 1000. The van der Waals surface area contributed by atoms with Crippen LogP contribution in [0.1, 0.15) is 12.8 Å². The molecule has 2 saturated heterocycles. The van der Waals surface area contributed by atoms with Crippen molar-refractivity contribution in [2.24, 2.45) is 5.92 Å². The van der Waals surface area contributed by atoms with Crippen molar-refractivity contribution in [3.63, 3.8) is 0 Å². The summed E-state index contributed by atoms with van der Waals surface area (Å²) in [6.07, 6.45) is 2.72. The van der Waals surface area contributed by atoms with Gasteiger partial charge in [-0.3, -0.25) is 4.79 Å². The fourth-order valence-corrected chi connectivity index (χ4v) is 6.32. The van der Waals surface area contributed by atoms with E-state index in [4.69, 9.17) is 11.6 Å². The molecule has 0 bridgehead atoms. The van der Waals surface area contributed by atoms with Gasteiger partial charge < -0.3 is 9.80 Å². The van der Waals surface area contributed by atoms with Gasteiger partial charge >= 0.3 is 0 Å². The minimum atomic E-state index is -3.76. The maximum atomic E-state index is 13.4. The average molecular weight is 473 g/mol. The number of halogens is 2. The van der Waals surface area contributed by atoms with Crippen molar-refractivity contribution in [2.45, 2.75) is 17.7 Å². The predicted molar refractivity (Wildman–Crippen MR) is 114 cm³/mol. The van der Waals surface area contributed by atoms with Crippen LogP contribution in [0.25, 0.3) is 0 Å². The number of rotatable bonds is 4. The van der Waals surface area contributed by atoms with Crippen LogP contribution in [0, 0.1) is 11.7 Å². The largest absolute Gasteiger partial charge is 0.345 e. The molecule has 30 heavy (non-hydrogen) atoms. The van der Waals surface area contributed by atoms with Crippen molar-refractivity contribution in [1.82, 2.24) is 14.2 Å². The lowest BCUT2D eigenvalue weighted by atomic mass is 9.96. The zero-order chi connectivity index (χ0) is 21.3. The highest BCUT2D eigenvalue weighted by atomic mass is 35.5. The number of sulfonamides is 1. The van der Waals surface area contributed by atoms with E-state index < -0.39 is 15.8 Å². The van der Waals surface area contributed by atoms with Crippen molar-refractivity contribution >= 4 is 44.0 Å². The highest BCUT2D eigenvalue weighted by Gasteiger charge is 2.35. The number of aromatic nitrogens is 1. The maximum absolute atomic E-state index is 13.4. The smallest absolute Gasteiger partial charge is 0.243 e. The second-order valence-electron chi connectivity index (χ2n) is 7.38. The molecular weight excluding hydrogens is 451 g/mol. The number of carbonyl (C=O) groups excluding carboxylic acids is 1. The van der Waals surface area contributed by atoms with E-state index in [9.17, 15) is 17.6 Å². The lowest BCUT2D eigenvalue weighted by molar-refractivity contribution is -0.137. The third kappa shape index (κ3) is 4.32. The summed E-state index contributed by atoms with van der Waals surface area (Å²) >= 11 is 7.33. The Labute approximate surface area is 184 Å². The molecule has 7 nitrogen and oxygen atoms in total. The lowest BCUT2D eigenvalue weighted by Crippen LogP contribution is -2.52. The molecule has 0 N–H and O–H groups in total. The molecule has 2 aliphatic heterocycles. The van der Waals surface area contributed by atoms with Crippen molar-refractivity contribution in [2.75, 3.05) is 44.2 Å². The van der Waals surface area contributed by atoms with E-state index in [1.165, 1.54) is 10.4 Å². The normalized spacial score (nSPS) is 19.3. The van der Waals surface area contributed by atoms with Crippen molar-refractivity contribution in [3.8, 4) is 0 Å². The van der Waals surface area contributed by atoms with Gasteiger partial charge in [0.2, 0.25) is 15.9 Å². The van der Waals surface area contributed by atoms with Crippen LogP contribution in [0.5, 0.6) is 0 Å². The van der Waals surface area contributed by atoms with Gasteiger partial charge in [0.15, 0.2) is 5.13 Å². The average Bonchev–Trinajstić information content (AvgIpc) is 3.30. The standard InChI is InChI=1S/C19H22ClFN4O3S2/c20-16-13-15(1-2-17(16)21)30(27,28)25-6-3-14(4-7-25)18(26)23-8-10-24(11-9-23)19-22-5-12-29-19/h1-2,5,12-14H,3-4,6-11H2. The van der Waals surface area contributed by atoms with Crippen LogP contribution >= 0.6 is 22.9 Å². The number of thiazole rings is 1. The second kappa shape index (κ2) is 8.78. The number of anilines is 1. The monoisotopic (exact) mass is 472 g/mol. The van der Waals surface area contributed by atoms with Gasteiger partial charge in [-0.15, -0.1) is 11.3 Å². The Morgan fingerprint density at radius 1 is 1.13 bits per heavy atom. The summed E-state index contributed by atoms with van der Waals surface area (Å²) in [5, 5.41) is 2.69. The quantitative estimate of drug-likeness (QED) is 0.684. The van der Waals surface area contributed by atoms with Crippen molar-refractivity contribution in [1.29, 1.82) is 0 Å². The number of hydrogen-bond donors (Lipinski definition) is 0. The Kier molecular flexibility index (Phi) is 6.29. The van der Waals surface area contributed by atoms with E-state index in [-0.39, 0.29) is 34.8 Å². The Balaban J connectivity index is 1.33. The first-order valence-corrected chi connectivity index (χ1v) is 12.4. The summed E-state index contributed by atoms with van der Waals surface area (Å²) in [6, 6.07) is 3.40. The highest BCUT2D eigenvalue weighted by molar-refractivity contribution is 7.89. The molecule has 2 fully saturated rings. The molecule has 2 aliphatic rings. The van der Waals surface area contributed by atoms with E-state index in [0.717, 1.165) is 30.4 Å². The molecule has 4 rings (SSSR count). The number of carbonyl (C=O) groups is 1. The Hall–Kier alpha value is -1.75. The van der Waals surface area contributed by atoms with Crippen LogP contribution in [-0.4, -0.2) is 67.8 Å². The summed E-state index contributed by atoms with van der Waals surface area (Å²) in [5.74, 6) is -0.745. The van der Waals surface area contributed by atoms with Crippen molar-refractivity contribution in [3.05, 3.63) is 40.6 Å². The topological polar surface area (TPSA) is 73.8 Å². The number of piperazine rings is 1. The van der Waals surface area contributed by atoms with Gasteiger partial charge in [0.05, 0.1) is 9.92 Å². The second-order valence-corrected chi connectivity index (χ2v) is 10.6. The minimum absolute atomic E-state index is 0.0306. The molecule has 0 atom stereocenters. The predicted octanol–water partition coefficient (Wildman–Crippen LogP) is 2.69. The first-order chi connectivity index (χ1) is 14.4. The summed E-state index contributed by atoms with van der Waals surface area (Å²) in [5.41, 5.74) is 0. The molecule has 2 aromatic rings. The van der Waals surface area contributed by atoms with Gasteiger partial charge in [-0.1, -0.05) is 11.6 Å². The molecule has 1 aromatic carbocycles. The van der Waals surface area contributed by atoms with Crippen LogP contribution in [0.3, 0.4) is 0 Å². The van der Waals surface area contributed by atoms with Crippen LogP contribution in [0.15, 0.2) is 34.7 Å². The minimum Gasteiger partial charge on any atom is -0.345 e. The third-order valence-electron chi connectivity index (χ3n) is 5.61. The molecule has 162 valence electrons. The molecular formula is C19H22ClFN4O3S2. The van der Waals surface area contributed by atoms with Gasteiger partial charge in [-0.2, -0.15) is 4.31 Å². The van der Waals surface area contributed by atoms with Gasteiger partial charge in [0.1, 0.15) is 5.82 Å². The number of benzene rings is 1. The van der Waals surface area contributed by atoms with Gasteiger partial charge in [-0.25, -0.2) is 17.8 Å². The summed E-state index contributed by atoms with van der Waals surface area (Å²) < 4.78 is 40.3. The molecule has 0 spiro atoms. The van der Waals surface area contributed by atoms with E-state index in [1.807, 2.05) is 10.3 Å². The summed E-state index contributed by atoms with van der Waals surface area (Å²) in [7, 11) is -3.76. The first kappa shape index (κ1) is 21.5. The van der Waals surface area contributed by atoms with E-state index >= 15 is 0 Å². The highest BCUT2D eigenvalue weighted by Crippen LogP contribution is 2.28. The Morgan fingerprint density at radius 2 is 1.83 bits per heavy atom. The number of nitrogens with zero attached hydrogens (tertiary/aromatic N) is 4. The van der Waals surface area contributed by atoms with Crippen LogP contribution in [0.2, 0.25) is 5.02 Å². The maximum Gasteiger partial charge on any atom is 0.243 e. The SMILES string of the molecule is O=C(C1CCN(S(=O)(=O)c2ccc(F)c(Cl)c2)CC1)N1CCN(c2nccs2)CC1. The molecule has 1 aromatic heterocycles. The first-order valence-electron chi connectivity index (χ1n) is 9.74. The molecule has 0 radical (unpaired) electrons. The Morgan fingerprint density at radius 3 is 2.43 bits per heavy atom. The van der Waals surface area contributed by atoms with E-state index in [1.54, 1.807) is 17.5 Å². The number of hydrogen-bond acceptors (Lipinski definition) is 6. The van der Waals surface area contributed by atoms with Gasteiger partial charge in [0, 0.05) is 56.8 Å². The van der Waals surface area contributed by atoms with Gasteiger partial charge in [0.25, 0.3) is 0 Å². The molecule has 1 amide bonds. The fourth-order valence-electron chi connectivity index (χ4n) is 3.88. The number of amides is 1. The summed E-state index contributed by atoms with van der Waals surface area (Å²) in [4.78, 5) is 21.3. The molecule has 0 saturated carbocycles. The molecule has 0 unspecified atom stereocenters. The van der Waals surface area contributed by atoms with Crippen molar-refractivity contribution < 1.29 is 17.6 Å². The zero-order valence-corrected chi connectivity index (χ0v) is 18.6. The van der Waals surface area contributed by atoms with E-state index in [0.29, 0.717) is 25.9 Å².